The molecule has 2 aromatic rings. The van der Waals surface area contributed by atoms with Gasteiger partial charge in [-0.15, -0.1) is 0 Å². The van der Waals surface area contributed by atoms with Crippen molar-refractivity contribution in [2.75, 3.05) is 11.9 Å². The van der Waals surface area contributed by atoms with Crippen LogP contribution in [0.1, 0.15) is 12.5 Å². The highest BCUT2D eigenvalue weighted by molar-refractivity contribution is 6.30. The first-order valence-electron chi connectivity index (χ1n) is 6.50. The fourth-order valence-corrected chi connectivity index (χ4v) is 2.33. The quantitative estimate of drug-likeness (QED) is 0.878. The van der Waals surface area contributed by atoms with Gasteiger partial charge >= 0.3 is 0 Å². The van der Waals surface area contributed by atoms with Gasteiger partial charge in [0.2, 0.25) is 0 Å². The number of nitrogens with one attached hydrogen (secondary N) is 1. The summed E-state index contributed by atoms with van der Waals surface area (Å²) in [4.78, 5) is 0. The maximum atomic E-state index is 13.8. The first-order valence-corrected chi connectivity index (χ1v) is 6.87. The zero-order chi connectivity index (χ0) is 14.6. The van der Waals surface area contributed by atoms with E-state index >= 15 is 0 Å². The Hall–Kier alpha value is -1.58. The maximum Gasteiger partial charge on any atom is 0.126 e. The number of rotatable bonds is 5. The van der Waals surface area contributed by atoms with E-state index in [9.17, 15) is 4.39 Å². The largest absolute Gasteiger partial charge is 0.378 e. The second kappa shape index (κ2) is 6.25. The molecular formula is C16H18ClFN2. The number of halogens is 2. The molecule has 1 unspecified atom stereocenters. The van der Waals surface area contributed by atoms with Crippen LogP contribution in [0, 0.1) is 5.82 Å². The monoisotopic (exact) mass is 292 g/mol. The van der Waals surface area contributed by atoms with Crippen molar-refractivity contribution < 1.29 is 4.39 Å². The van der Waals surface area contributed by atoms with Crippen LogP contribution in [0.2, 0.25) is 5.02 Å². The van der Waals surface area contributed by atoms with E-state index in [0.717, 1.165) is 5.69 Å². The zero-order valence-corrected chi connectivity index (χ0v) is 12.1. The van der Waals surface area contributed by atoms with Crippen LogP contribution in [-0.4, -0.2) is 12.1 Å². The zero-order valence-electron chi connectivity index (χ0n) is 11.4. The van der Waals surface area contributed by atoms with Crippen molar-refractivity contribution in [2.45, 2.75) is 18.9 Å². The van der Waals surface area contributed by atoms with Gasteiger partial charge in [-0.1, -0.05) is 35.9 Å². The summed E-state index contributed by atoms with van der Waals surface area (Å²) in [6, 6.07) is 14.2. The van der Waals surface area contributed by atoms with E-state index in [-0.39, 0.29) is 5.82 Å². The topological polar surface area (TPSA) is 38.0 Å². The van der Waals surface area contributed by atoms with Gasteiger partial charge in [0.25, 0.3) is 0 Å². The van der Waals surface area contributed by atoms with E-state index in [1.807, 2.05) is 37.3 Å². The van der Waals surface area contributed by atoms with Crippen LogP contribution >= 0.6 is 11.6 Å². The van der Waals surface area contributed by atoms with Gasteiger partial charge in [0.1, 0.15) is 5.82 Å². The van der Waals surface area contributed by atoms with Crippen LogP contribution in [0.15, 0.2) is 48.5 Å². The third-order valence-corrected chi connectivity index (χ3v) is 3.49. The van der Waals surface area contributed by atoms with Crippen molar-refractivity contribution >= 4 is 17.3 Å². The lowest BCUT2D eigenvalue weighted by atomic mass is 9.92. The summed E-state index contributed by atoms with van der Waals surface area (Å²) in [6.07, 6.45) is 0.503. The fourth-order valence-electron chi connectivity index (χ4n) is 2.14. The Labute approximate surface area is 123 Å². The van der Waals surface area contributed by atoms with Crippen LogP contribution < -0.4 is 11.1 Å². The van der Waals surface area contributed by atoms with Crippen LogP contribution in [0.4, 0.5) is 10.1 Å². The molecule has 0 aliphatic heterocycles. The van der Waals surface area contributed by atoms with Gasteiger partial charge in [-0.05, 0) is 43.2 Å². The Balaban J connectivity index is 2.19. The molecule has 0 spiro atoms. The molecule has 4 heteroatoms. The predicted molar refractivity (Wildman–Crippen MR) is 82.6 cm³/mol. The molecule has 0 saturated carbocycles. The molecule has 0 aliphatic rings. The molecule has 0 radical (unpaired) electrons. The SMILES string of the molecule is CC(CN)(Cc1ccccc1F)Nc1cccc(Cl)c1. The van der Waals surface area contributed by atoms with E-state index in [2.05, 4.69) is 5.32 Å². The van der Waals surface area contributed by atoms with E-state index in [0.29, 0.717) is 23.6 Å². The molecule has 106 valence electrons. The molecule has 0 fully saturated rings. The van der Waals surface area contributed by atoms with Gasteiger partial charge in [-0.3, -0.25) is 0 Å². The predicted octanol–water partition coefficient (Wildman–Crippen LogP) is 3.85. The van der Waals surface area contributed by atoms with Crippen molar-refractivity contribution in [1.82, 2.24) is 0 Å². The molecule has 0 bridgehead atoms. The standard InChI is InChI=1S/C16H18ClFN2/c1-16(11-19,10-12-5-2-3-8-15(12)18)20-14-7-4-6-13(17)9-14/h2-9,20H,10-11,19H2,1H3. The summed E-state index contributed by atoms with van der Waals surface area (Å²) >= 11 is 5.97. The maximum absolute atomic E-state index is 13.8. The Morgan fingerprint density at radius 2 is 1.95 bits per heavy atom. The first-order chi connectivity index (χ1) is 9.52. The van der Waals surface area contributed by atoms with Crippen LogP contribution in [0.5, 0.6) is 0 Å². The molecule has 20 heavy (non-hydrogen) atoms. The fraction of sp³-hybridized carbons (Fsp3) is 0.250. The van der Waals surface area contributed by atoms with E-state index < -0.39 is 5.54 Å². The number of hydrogen-bond acceptors (Lipinski definition) is 2. The normalized spacial score (nSPS) is 13.8. The Bertz CT molecular complexity index is 588. The molecule has 3 N–H and O–H groups in total. The Morgan fingerprint density at radius 1 is 1.20 bits per heavy atom. The average Bonchev–Trinajstić information content (AvgIpc) is 2.41. The molecule has 0 heterocycles. The van der Waals surface area contributed by atoms with E-state index in [1.165, 1.54) is 6.07 Å². The van der Waals surface area contributed by atoms with Crippen molar-refractivity contribution in [3.05, 3.63) is 64.9 Å². The number of benzene rings is 2. The summed E-state index contributed by atoms with van der Waals surface area (Å²) in [5, 5.41) is 4.00. The molecule has 1 atom stereocenters. The molecule has 2 nitrogen and oxygen atoms in total. The van der Waals surface area contributed by atoms with Gasteiger partial charge < -0.3 is 11.1 Å². The molecule has 0 aliphatic carbocycles. The highest BCUT2D eigenvalue weighted by Crippen LogP contribution is 2.22. The van der Waals surface area contributed by atoms with E-state index in [1.54, 1.807) is 12.1 Å². The third-order valence-electron chi connectivity index (χ3n) is 3.26. The van der Waals surface area contributed by atoms with Crippen molar-refractivity contribution in [2.24, 2.45) is 5.73 Å². The Kier molecular flexibility index (Phi) is 4.63. The summed E-state index contributed by atoms with van der Waals surface area (Å²) in [6.45, 7) is 2.36. The molecule has 0 saturated heterocycles. The average molecular weight is 293 g/mol. The second-order valence-corrected chi connectivity index (χ2v) is 5.60. The van der Waals surface area contributed by atoms with Crippen molar-refractivity contribution in [1.29, 1.82) is 0 Å². The van der Waals surface area contributed by atoms with Crippen LogP contribution in [-0.2, 0) is 6.42 Å². The van der Waals surface area contributed by atoms with Crippen LogP contribution in [0.3, 0.4) is 0 Å². The summed E-state index contributed by atoms with van der Waals surface area (Å²) in [5.41, 5.74) is 6.96. The molecule has 2 aromatic carbocycles. The van der Waals surface area contributed by atoms with Gasteiger partial charge in [-0.2, -0.15) is 0 Å². The van der Waals surface area contributed by atoms with Crippen molar-refractivity contribution in [3.8, 4) is 0 Å². The minimum atomic E-state index is -0.438. The summed E-state index contributed by atoms with van der Waals surface area (Å²) < 4.78 is 13.8. The number of nitrogens with two attached hydrogens (primary N) is 1. The third kappa shape index (κ3) is 3.71. The van der Waals surface area contributed by atoms with Crippen molar-refractivity contribution in [3.63, 3.8) is 0 Å². The minimum Gasteiger partial charge on any atom is -0.378 e. The van der Waals surface area contributed by atoms with Gasteiger partial charge in [0.05, 0.1) is 5.54 Å². The minimum absolute atomic E-state index is 0.208. The smallest absolute Gasteiger partial charge is 0.126 e. The molecular weight excluding hydrogens is 275 g/mol. The Morgan fingerprint density at radius 3 is 2.60 bits per heavy atom. The summed E-state index contributed by atoms with van der Waals surface area (Å²) in [7, 11) is 0. The van der Waals surface area contributed by atoms with Gasteiger partial charge in [-0.25, -0.2) is 4.39 Å². The first kappa shape index (κ1) is 14.8. The number of hydrogen-bond donors (Lipinski definition) is 2. The number of anilines is 1. The van der Waals surface area contributed by atoms with Crippen LogP contribution in [0.25, 0.3) is 0 Å². The lowest BCUT2D eigenvalue weighted by Gasteiger charge is -2.31. The highest BCUT2D eigenvalue weighted by atomic mass is 35.5. The molecule has 0 amide bonds. The lowest BCUT2D eigenvalue weighted by molar-refractivity contribution is 0.502. The lowest BCUT2D eigenvalue weighted by Crippen LogP contribution is -2.44. The van der Waals surface area contributed by atoms with E-state index in [4.69, 9.17) is 17.3 Å². The van der Waals surface area contributed by atoms with Gasteiger partial charge in [0.15, 0.2) is 0 Å². The second-order valence-electron chi connectivity index (χ2n) is 5.17. The van der Waals surface area contributed by atoms with Gasteiger partial charge in [0, 0.05) is 17.3 Å². The highest BCUT2D eigenvalue weighted by Gasteiger charge is 2.24. The summed E-state index contributed by atoms with van der Waals surface area (Å²) in [5.74, 6) is -0.208. The molecule has 2 rings (SSSR count). The molecule has 0 aromatic heterocycles.